The fourth-order valence-electron chi connectivity index (χ4n) is 5.22. The zero-order chi connectivity index (χ0) is 22.0. The number of hydrogen-bond donors (Lipinski definition) is 1. The van der Waals surface area contributed by atoms with Crippen LogP contribution in [0.1, 0.15) is 34.4 Å². The van der Waals surface area contributed by atoms with E-state index in [2.05, 4.69) is 69.1 Å². The second-order valence-corrected chi connectivity index (χ2v) is 9.04. The molecule has 1 aliphatic rings. The van der Waals surface area contributed by atoms with Crippen LogP contribution in [0, 0.1) is 6.92 Å². The number of nitrogens with zero attached hydrogens (tertiary/aromatic N) is 5. The van der Waals surface area contributed by atoms with Gasteiger partial charge in [-0.15, -0.1) is 0 Å². The lowest BCUT2D eigenvalue weighted by molar-refractivity contribution is 0.192. The van der Waals surface area contributed by atoms with Crippen LogP contribution in [0.2, 0.25) is 5.15 Å². The van der Waals surface area contributed by atoms with Crippen molar-refractivity contribution >= 4 is 33.5 Å². The molecule has 32 heavy (non-hydrogen) atoms. The predicted molar refractivity (Wildman–Crippen MR) is 128 cm³/mol. The van der Waals surface area contributed by atoms with Crippen molar-refractivity contribution in [1.29, 1.82) is 0 Å². The zero-order valence-corrected chi connectivity index (χ0v) is 19.2. The van der Waals surface area contributed by atoms with Gasteiger partial charge in [0.1, 0.15) is 17.0 Å². The minimum Gasteiger partial charge on any atom is -0.356 e. The highest BCUT2D eigenvalue weighted by Crippen LogP contribution is 2.40. The Bertz CT molecular complexity index is 1470. The molecule has 0 saturated carbocycles. The molecule has 162 valence electrons. The lowest BCUT2D eigenvalue weighted by Gasteiger charge is -2.35. The number of halogens is 1. The van der Waals surface area contributed by atoms with Gasteiger partial charge in [-0.05, 0) is 37.1 Å². The van der Waals surface area contributed by atoms with Crippen LogP contribution in [0.4, 0.5) is 0 Å². The summed E-state index contributed by atoms with van der Waals surface area (Å²) in [6.45, 7) is 3.68. The van der Waals surface area contributed by atoms with Crippen molar-refractivity contribution in [2.24, 2.45) is 14.1 Å². The molecular formula is C25H25ClN6. The Labute approximate surface area is 191 Å². The number of fused-ring (bicyclic) bond motifs is 4. The minimum atomic E-state index is -0.000720. The Morgan fingerprint density at radius 3 is 2.66 bits per heavy atom. The molecule has 6 nitrogen and oxygen atoms in total. The fraction of sp³-hybridized carbons (Fsp3) is 0.280. The van der Waals surface area contributed by atoms with Crippen molar-refractivity contribution in [3.05, 3.63) is 82.0 Å². The first-order valence-electron chi connectivity index (χ1n) is 11.0. The van der Waals surface area contributed by atoms with Gasteiger partial charge in [-0.3, -0.25) is 9.58 Å². The third kappa shape index (κ3) is 2.83. The molecule has 0 saturated heterocycles. The smallest absolute Gasteiger partial charge is 0.133 e. The highest BCUT2D eigenvalue weighted by Gasteiger charge is 2.35. The number of aromatic nitrogens is 5. The fourth-order valence-corrected chi connectivity index (χ4v) is 5.45. The van der Waals surface area contributed by atoms with Gasteiger partial charge in [0.05, 0.1) is 16.7 Å². The molecule has 7 heteroatoms. The van der Waals surface area contributed by atoms with Gasteiger partial charge in [0, 0.05) is 49.3 Å². The predicted octanol–water partition coefficient (Wildman–Crippen LogP) is 4.90. The summed E-state index contributed by atoms with van der Waals surface area (Å²) in [5, 5.41) is 6.54. The molecule has 4 heterocycles. The molecule has 5 aromatic rings. The number of hydrogen-bond acceptors (Lipinski definition) is 3. The van der Waals surface area contributed by atoms with Crippen LogP contribution in [0.5, 0.6) is 0 Å². The Kier molecular flexibility index (Phi) is 4.42. The van der Waals surface area contributed by atoms with Crippen molar-refractivity contribution in [2.45, 2.75) is 25.9 Å². The molecule has 1 atom stereocenters. The summed E-state index contributed by atoms with van der Waals surface area (Å²) >= 11 is 6.63. The average molecular weight is 445 g/mol. The van der Waals surface area contributed by atoms with Crippen LogP contribution in [-0.2, 0) is 27.1 Å². The number of para-hydroxylation sites is 3. The van der Waals surface area contributed by atoms with Crippen molar-refractivity contribution < 1.29 is 0 Å². The quantitative estimate of drug-likeness (QED) is 0.430. The standard InChI is InChI=1S/C25H25ClN6/c1-15-18(24(26)31(3)29-15)14-32-13-12-17-16-8-4-5-9-19(16)27-22(17)23(32)25-28-20-10-6-7-11-21(20)30(25)2/h4-11,23,27H,12-14H2,1-3H3. The third-order valence-electron chi connectivity index (χ3n) is 6.83. The van der Waals surface area contributed by atoms with Crippen LogP contribution in [0.3, 0.4) is 0 Å². The molecule has 0 bridgehead atoms. The van der Waals surface area contributed by atoms with Gasteiger partial charge in [0.25, 0.3) is 0 Å². The van der Waals surface area contributed by atoms with Gasteiger partial charge in [-0.2, -0.15) is 5.10 Å². The maximum Gasteiger partial charge on any atom is 0.133 e. The van der Waals surface area contributed by atoms with Gasteiger partial charge >= 0.3 is 0 Å². The van der Waals surface area contributed by atoms with E-state index in [1.165, 1.54) is 22.2 Å². The Morgan fingerprint density at radius 1 is 1.09 bits per heavy atom. The summed E-state index contributed by atoms with van der Waals surface area (Å²) in [6.07, 6.45) is 0.983. The van der Waals surface area contributed by atoms with Crippen LogP contribution in [0.25, 0.3) is 21.9 Å². The molecule has 6 rings (SSSR count). The minimum absolute atomic E-state index is 0.000720. The first kappa shape index (κ1) is 19.6. The maximum atomic E-state index is 6.63. The monoisotopic (exact) mass is 444 g/mol. The normalized spacial score (nSPS) is 16.8. The van der Waals surface area contributed by atoms with E-state index in [4.69, 9.17) is 16.6 Å². The number of benzene rings is 2. The molecule has 1 N–H and O–H groups in total. The summed E-state index contributed by atoms with van der Waals surface area (Å²) in [5.41, 5.74) is 8.02. The molecule has 1 unspecified atom stereocenters. The summed E-state index contributed by atoms with van der Waals surface area (Å²) in [7, 11) is 4.01. The first-order valence-corrected chi connectivity index (χ1v) is 11.3. The van der Waals surface area contributed by atoms with Crippen molar-refractivity contribution in [3.63, 3.8) is 0 Å². The average Bonchev–Trinajstić information content (AvgIpc) is 3.41. The van der Waals surface area contributed by atoms with E-state index in [0.29, 0.717) is 5.15 Å². The second-order valence-electron chi connectivity index (χ2n) is 8.68. The van der Waals surface area contributed by atoms with Gasteiger partial charge in [0.2, 0.25) is 0 Å². The molecule has 3 aromatic heterocycles. The van der Waals surface area contributed by atoms with Gasteiger partial charge in [-0.25, -0.2) is 4.98 Å². The number of aromatic amines is 1. The molecule has 0 aliphatic carbocycles. The van der Waals surface area contributed by atoms with Gasteiger partial charge < -0.3 is 9.55 Å². The van der Waals surface area contributed by atoms with E-state index in [1.807, 2.05) is 20.0 Å². The molecule has 1 aliphatic heterocycles. The zero-order valence-electron chi connectivity index (χ0n) is 18.4. The largest absolute Gasteiger partial charge is 0.356 e. The van der Waals surface area contributed by atoms with Crippen LogP contribution >= 0.6 is 11.6 Å². The molecule has 0 radical (unpaired) electrons. The third-order valence-corrected chi connectivity index (χ3v) is 7.30. The van der Waals surface area contributed by atoms with E-state index in [0.717, 1.165) is 47.6 Å². The number of imidazole rings is 1. The summed E-state index contributed by atoms with van der Waals surface area (Å²) in [6, 6.07) is 16.9. The van der Waals surface area contributed by atoms with E-state index in [-0.39, 0.29) is 6.04 Å². The molecular weight excluding hydrogens is 420 g/mol. The van der Waals surface area contributed by atoms with E-state index < -0.39 is 0 Å². The van der Waals surface area contributed by atoms with E-state index in [9.17, 15) is 0 Å². The second kappa shape index (κ2) is 7.22. The number of nitrogens with one attached hydrogen (secondary N) is 1. The summed E-state index contributed by atoms with van der Waals surface area (Å²) in [5.74, 6) is 1.04. The van der Waals surface area contributed by atoms with Gasteiger partial charge in [-0.1, -0.05) is 41.9 Å². The van der Waals surface area contributed by atoms with Crippen molar-refractivity contribution in [3.8, 4) is 0 Å². The Morgan fingerprint density at radius 2 is 1.88 bits per heavy atom. The Balaban J connectivity index is 1.55. The number of aryl methyl sites for hydroxylation is 3. The molecule has 0 fully saturated rings. The lowest BCUT2D eigenvalue weighted by atomic mass is 9.96. The topological polar surface area (TPSA) is 54.7 Å². The van der Waals surface area contributed by atoms with Gasteiger partial charge in [0.15, 0.2) is 0 Å². The van der Waals surface area contributed by atoms with E-state index in [1.54, 1.807) is 4.68 Å². The number of rotatable bonds is 3. The highest BCUT2D eigenvalue weighted by atomic mass is 35.5. The number of H-pyrrole nitrogens is 1. The maximum absolute atomic E-state index is 6.63. The molecule has 0 amide bonds. The summed E-state index contributed by atoms with van der Waals surface area (Å²) in [4.78, 5) is 11.3. The van der Waals surface area contributed by atoms with Crippen molar-refractivity contribution in [1.82, 2.24) is 29.2 Å². The summed E-state index contributed by atoms with van der Waals surface area (Å²) < 4.78 is 3.99. The Hall–Kier alpha value is -3.09. The van der Waals surface area contributed by atoms with Crippen LogP contribution < -0.4 is 0 Å². The van der Waals surface area contributed by atoms with Crippen molar-refractivity contribution in [2.75, 3.05) is 6.54 Å². The lowest BCUT2D eigenvalue weighted by Crippen LogP contribution is -2.37. The van der Waals surface area contributed by atoms with Crippen LogP contribution in [-0.4, -0.2) is 35.8 Å². The molecule has 2 aromatic carbocycles. The first-order chi connectivity index (χ1) is 15.5. The SMILES string of the molecule is Cc1nn(C)c(Cl)c1CN1CCc2c([nH]c3ccccc23)C1c1nc2ccccc2n1C. The van der Waals surface area contributed by atoms with E-state index >= 15 is 0 Å². The molecule has 0 spiro atoms. The van der Waals surface area contributed by atoms with Crippen LogP contribution in [0.15, 0.2) is 48.5 Å². The highest BCUT2D eigenvalue weighted by molar-refractivity contribution is 6.30.